The zero-order valence-electron chi connectivity index (χ0n) is 11.5. The Bertz CT molecular complexity index is 609. The molecule has 0 aromatic carbocycles. The molecule has 3 heterocycles. The van der Waals surface area contributed by atoms with Crippen molar-refractivity contribution in [1.29, 1.82) is 0 Å². The topological polar surface area (TPSA) is 71.8 Å². The van der Waals surface area contributed by atoms with Gasteiger partial charge in [0.15, 0.2) is 5.69 Å². The van der Waals surface area contributed by atoms with E-state index in [1.807, 2.05) is 0 Å². The molecule has 1 amide bonds. The third-order valence-electron chi connectivity index (χ3n) is 3.52. The first-order valence-corrected chi connectivity index (χ1v) is 7.42. The summed E-state index contributed by atoms with van der Waals surface area (Å²) in [6, 6.07) is 2.43. The molecule has 2 N–H and O–H groups in total. The predicted octanol–water partition coefficient (Wildman–Crippen LogP) is 1.03. The fraction of sp³-hybridized carbons (Fsp3) is 0.462. The van der Waals surface area contributed by atoms with Gasteiger partial charge in [0.25, 0.3) is 5.91 Å². The van der Waals surface area contributed by atoms with Gasteiger partial charge in [-0.05, 0) is 25.5 Å². The van der Waals surface area contributed by atoms with Gasteiger partial charge in [-0.1, -0.05) is 5.21 Å². The predicted molar refractivity (Wildman–Crippen MR) is 76.9 cm³/mol. The number of hydrogen-bond acceptors (Lipinski definition) is 5. The number of hydrogen-bond donors (Lipinski definition) is 2. The maximum atomic E-state index is 12.0. The highest BCUT2D eigenvalue weighted by Gasteiger charge is 2.21. The molecule has 1 aliphatic rings. The lowest BCUT2D eigenvalue weighted by Gasteiger charge is -2.26. The quantitative estimate of drug-likeness (QED) is 0.882. The van der Waals surface area contributed by atoms with Crippen LogP contribution in [0.2, 0.25) is 0 Å². The summed E-state index contributed by atoms with van der Waals surface area (Å²) in [4.78, 5) is 14.5. The average molecular weight is 291 g/mol. The number of rotatable bonds is 4. The van der Waals surface area contributed by atoms with E-state index in [2.05, 4.69) is 40.9 Å². The number of nitrogens with zero attached hydrogens (tertiary/aromatic N) is 3. The van der Waals surface area contributed by atoms with E-state index in [1.165, 1.54) is 10.4 Å². The van der Waals surface area contributed by atoms with Crippen molar-refractivity contribution in [3.05, 3.63) is 33.3 Å². The minimum Gasteiger partial charge on any atom is -0.346 e. The van der Waals surface area contributed by atoms with Crippen LogP contribution in [0.4, 0.5) is 0 Å². The highest BCUT2D eigenvalue weighted by atomic mass is 32.1. The molecule has 0 radical (unpaired) electrons. The van der Waals surface area contributed by atoms with Crippen molar-refractivity contribution in [2.75, 3.05) is 13.1 Å². The molecule has 2 aromatic heterocycles. The van der Waals surface area contributed by atoms with Crippen LogP contribution >= 0.6 is 11.3 Å². The number of aryl methyl sites for hydroxylation is 2. The first kappa shape index (κ1) is 13.3. The number of thiophene rings is 1. The van der Waals surface area contributed by atoms with E-state index in [-0.39, 0.29) is 5.91 Å². The largest absolute Gasteiger partial charge is 0.346 e. The van der Waals surface area contributed by atoms with Gasteiger partial charge in [-0.15, -0.1) is 16.4 Å². The van der Waals surface area contributed by atoms with Gasteiger partial charge in [-0.25, -0.2) is 4.68 Å². The van der Waals surface area contributed by atoms with Crippen molar-refractivity contribution in [3.63, 3.8) is 0 Å². The fourth-order valence-corrected chi connectivity index (χ4v) is 3.01. The van der Waals surface area contributed by atoms with Gasteiger partial charge < -0.3 is 10.6 Å². The van der Waals surface area contributed by atoms with Gasteiger partial charge in [0.1, 0.15) is 0 Å². The van der Waals surface area contributed by atoms with Crippen LogP contribution in [0.25, 0.3) is 0 Å². The number of amides is 1. The van der Waals surface area contributed by atoms with Gasteiger partial charge in [-0.2, -0.15) is 0 Å². The Morgan fingerprint density at radius 1 is 1.55 bits per heavy atom. The van der Waals surface area contributed by atoms with E-state index in [0.717, 1.165) is 18.0 Å². The summed E-state index contributed by atoms with van der Waals surface area (Å²) in [5, 5.41) is 14.0. The van der Waals surface area contributed by atoms with E-state index < -0.39 is 0 Å². The number of nitrogens with one attached hydrogen (secondary N) is 2. The monoisotopic (exact) mass is 291 g/mol. The molecule has 2 aromatic rings. The zero-order chi connectivity index (χ0) is 14.1. The van der Waals surface area contributed by atoms with Crippen LogP contribution < -0.4 is 10.6 Å². The Morgan fingerprint density at radius 2 is 2.35 bits per heavy atom. The summed E-state index contributed by atoms with van der Waals surface area (Å²) in [5.74, 6) is -0.174. The Hall–Kier alpha value is -1.73. The van der Waals surface area contributed by atoms with Crippen LogP contribution in [0, 0.1) is 13.8 Å². The van der Waals surface area contributed by atoms with Gasteiger partial charge >= 0.3 is 0 Å². The van der Waals surface area contributed by atoms with Crippen LogP contribution in [-0.4, -0.2) is 34.0 Å². The maximum Gasteiger partial charge on any atom is 0.273 e. The van der Waals surface area contributed by atoms with E-state index in [1.54, 1.807) is 22.2 Å². The molecule has 0 atom stereocenters. The third-order valence-corrected chi connectivity index (χ3v) is 4.67. The Labute approximate surface area is 121 Å². The van der Waals surface area contributed by atoms with Gasteiger partial charge in [0.05, 0.1) is 18.8 Å². The first-order valence-electron chi connectivity index (χ1n) is 6.60. The second-order valence-electron chi connectivity index (χ2n) is 5.03. The summed E-state index contributed by atoms with van der Waals surface area (Å²) in [6.07, 6.45) is 1.71. The number of carbonyl (C=O) groups excluding carboxylic acids is 1. The lowest BCUT2D eigenvalue weighted by atomic mass is 10.2. The lowest BCUT2D eigenvalue weighted by Crippen LogP contribution is -2.43. The summed E-state index contributed by atoms with van der Waals surface area (Å²) in [7, 11) is 0. The van der Waals surface area contributed by atoms with Crippen molar-refractivity contribution in [1.82, 2.24) is 25.6 Å². The van der Waals surface area contributed by atoms with Crippen molar-refractivity contribution in [2.45, 2.75) is 26.4 Å². The molecule has 1 aliphatic heterocycles. The van der Waals surface area contributed by atoms with Gasteiger partial charge in [0.2, 0.25) is 0 Å². The maximum absolute atomic E-state index is 12.0. The molecule has 0 bridgehead atoms. The molecule has 0 unspecified atom stereocenters. The Morgan fingerprint density at radius 3 is 2.95 bits per heavy atom. The van der Waals surface area contributed by atoms with Crippen LogP contribution in [0.5, 0.6) is 0 Å². The molecule has 0 saturated carbocycles. The van der Waals surface area contributed by atoms with Crippen molar-refractivity contribution < 1.29 is 4.79 Å². The smallest absolute Gasteiger partial charge is 0.273 e. The summed E-state index contributed by atoms with van der Waals surface area (Å²) in [5.41, 5.74) is 1.64. The number of carbonyl (C=O) groups is 1. The molecular weight excluding hydrogens is 274 g/mol. The van der Waals surface area contributed by atoms with E-state index >= 15 is 0 Å². The van der Waals surface area contributed by atoms with Crippen LogP contribution in [0.3, 0.4) is 0 Å². The van der Waals surface area contributed by atoms with Crippen molar-refractivity contribution in [3.8, 4) is 0 Å². The standard InChI is InChI=1S/C13H17N5OS/c1-8-3-11(20-9(8)2)6-15-13(19)12-7-18(17-16-12)10-4-14-5-10/h3,7,10,14H,4-6H2,1-2H3,(H,15,19). The Kier molecular flexibility index (Phi) is 3.54. The summed E-state index contributed by atoms with van der Waals surface area (Å²) < 4.78 is 1.75. The van der Waals surface area contributed by atoms with Crippen LogP contribution in [0.15, 0.2) is 12.3 Å². The van der Waals surface area contributed by atoms with E-state index in [9.17, 15) is 4.79 Å². The molecule has 7 heteroatoms. The van der Waals surface area contributed by atoms with Crippen LogP contribution in [0.1, 0.15) is 31.8 Å². The van der Waals surface area contributed by atoms with Crippen molar-refractivity contribution >= 4 is 17.2 Å². The van der Waals surface area contributed by atoms with Crippen LogP contribution in [-0.2, 0) is 6.54 Å². The molecular formula is C13H17N5OS. The third kappa shape index (κ3) is 2.59. The highest BCUT2D eigenvalue weighted by Crippen LogP contribution is 2.20. The van der Waals surface area contributed by atoms with E-state index in [0.29, 0.717) is 18.3 Å². The SMILES string of the molecule is Cc1cc(CNC(=O)c2cn(C3CNC3)nn2)sc1C. The molecule has 0 spiro atoms. The second-order valence-corrected chi connectivity index (χ2v) is 6.37. The lowest BCUT2D eigenvalue weighted by molar-refractivity contribution is 0.0946. The molecule has 106 valence electrons. The second kappa shape index (κ2) is 5.34. The zero-order valence-corrected chi connectivity index (χ0v) is 12.3. The molecule has 3 rings (SSSR count). The molecule has 1 fully saturated rings. The summed E-state index contributed by atoms with van der Waals surface area (Å²) >= 11 is 1.71. The minimum absolute atomic E-state index is 0.174. The van der Waals surface area contributed by atoms with E-state index in [4.69, 9.17) is 0 Å². The highest BCUT2D eigenvalue weighted by molar-refractivity contribution is 7.12. The first-order chi connectivity index (χ1) is 9.63. The normalized spacial score (nSPS) is 15.1. The minimum atomic E-state index is -0.174. The average Bonchev–Trinajstić information content (AvgIpc) is 2.93. The fourth-order valence-electron chi connectivity index (χ4n) is 2.01. The molecule has 6 nitrogen and oxygen atoms in total. The molecule has 1 saturated heterocycles. The number of aromatic nitrogens is 3. The molecule has 20 heavy (non-hydrogen) atoms. The van der Waals surface area contributed by atoms with Crippen molar-refractivity contribution in [2.24, 2.45) is 0 Å². The van der Waals surface area contributed by atoms with Gasteiger partial charge in [-0.3, -0.25) is 4.79 Å². The molecule has 0 aliphatic carbocycles. The summed E-state index contributed by atoms with van der Waals surface area (Å²) in [6.45, 7) is 6.48. The Balaban J connectivity index is 1.59. The van der Waals surface area contributed by atoms with Gasteiger partial charge in [0, 0.05) is 22.8 Å².